The molecular formula is C18H23N5O. The van der Waals surface area contributed by atoms with Crippen LogP contribution in [0.25, 0.3) is 0 Å². The highest BCUT2D eigenvalue weighted by Crippen LogP contribution is 2.29. The SMILES string of the molecule is Cn1ccnc1C(=O)N1C[C@H]2CC[C@@H]1CN(Cc1ccccn1)C2. The van der Waals surface area contributed by atoms with Crippen LogP contribution in [0.2, 0.25) is 0 Å². The van der Waals surface area contributed by atoms with E-state index < -0.39 is 0 Å². The highest BCUT2D eigenvalue weighted by atomic mass is 16.2. The van der Waals surface area contributed by atoms with Crippen LogP contribution in [0.5, 0.6) is 0 Å². The van der Waals surface area contributed by atoms with E-state index in [4.69, 9.17) is 0 Å². The molecular weight excluding hydrogens is 302 g/mol. The molecule has 1 amide bonds. The molecule has 24 heavy (non-hydrogen) atoms. The predicted octanol–water partition coefficient (Wildman–Crippen LogP) is 1.55. The summed E-state index contributed by atoms with van der Waals surface area (Å²) in [5.41, 5.74) is 1.10. The first-order valence-corrected chi connectivity index (χ1v) is 8.61. The van der Waals surface area contributed by atoms with Crippen LogP contribution in [0.3, 0.4) is 0 Å². The Hall–Kier alpha value is -2.21. The quantitative estimate of drug-likeness (QED) is 0.859. The number of hydrogen-bond donors (Lipinski definition) is 0. The fourth-order valence-corrected chi connectivity index (χ4v) is 3.98. The van der Waals surface area contributed by atoms with Gasteiger partial charge in [-0.2, -0.15) is 0 Å². The van der Waals surface area contributed by atoms with Gasteiger partial charge in [-0.25, -0.2) is 4.98 Å². The van der Waals surface area contributed by atoms with Crippen LogP contribution in [-0.4, -0.2) is 55.9 Å². The summed E-state index contributed by atoms with van der Waals surface area (Å²) >= 11 is 0. The van der Waals surface area contributed by atoms with Gasteiger partial charge in [-0.15, -0.1) is 0 Å². The largest absolute Gasteiger partial charge is 0.331 e. The van der Waals surface area contributed by atoms with Gasteiger partial charge in [0.1, 0.15) is 0 Å². The molecule has 2 bridgehead atoms. The van der Waals surface area contributed by atoms with Crippen LogP contribution in [0.15, 0.2) is 36.8 Å². The van der Waals surface area contributed by atoms with Gasteiger partial charge in [0.2, 0.25) is 0 Å². The van der Waals surface area contributed by atoms with Gasteiger partial charge in [0.15, 0.2) is 5.82 Å². The minimum atomic E-state index is 0.0666. The lowest BCUT2D eigenvalue weighted by molar-refractivity contribution is 0.0568. The van der Waals surface area contributed by atoms with Gasteiger partial charge < -0.3 is 9.47 Å². The minimum Gasteiger partial charge on any atom is -0.331 e. The summed E-state index contributed by atoms with van der Waals surface area (Å²) in [7, 11) is 1.88. The normalized spacial score (nSPS) is 24.1. The van der Waals surface area contributed by atoms with Crippen molar-refractivity contribution < 1.29 is 4.79 Å². The van der Waals surface area contributed by atoms with Gasteiger partial charge >= 0.3 is 0 Å². The third-order valence-corrected chi connectivity index (χ3v) is 5.17. The summed E-state index contributed by atoms with van der Waals surface area (Å²) in [6.07, 6.45) is 7.65. The third kappa shape index (κ3) is 2.94. The monoisotopic (exact) mass is 325 g/mol. The van der Waals surface area contributed by atoms with Crippen molar-refractivity contribution in [2.24, 2.45) is 13.0 Å². The van der Waals surface area contributed by atoms with Crippen molar-refractivity contribution in [2.45, 2.75) is 25.4 Å². The van der Waals surface area contributed by atoms with Gasteiger partial charge in [-0.3, -0.25) is 14.7 Å². The first-order valence-electron chi connectivity index (χ1n) is 8.61. The van der Waals surface area contributed by atoms with Gasteiger partial charge in [0.05, 0.1) is 5.69 Å². The molecule has 126 valence electrons. The van der Waals surface area contributed by atoms with E-state index in [9.17, 15) is 4.79 Å². The summed E-state index contributed by atoms with van der Waals surface area (Å²) < 4.78 is 1.81. The van der Waals surface area contributed by atoms with E-state index in [1.54, 1.807) is 6.20 Å². The summed E-state index contributed by atoms with van der Waals surface area (Å²) in [6, 6.07) is 6.33. The smallest absolute Gasteiger partial charge is 0.290 e. The van der Waals surface area contributed by atoms with E-state index in [0.29, 0.717) is 11.7 Å². The maximum Gasteiger partial charge on any atom is 0.290 e. The Bertz CT molecular complexity index is 713. The Morgan fingerprint density at radius 2 is 2.08 bits per heavy atom. The van der Waals surface area contributed by atoms with Gasteiger partial charge in [0.25, 0.3) is 5.91 Å². The number of pyridine rings is 1. The van der Waals surface area contributed by atoms with E-state index >= 15 is 0 Å². The number of hydrogen-bond acceptors (Lipinski definition) is 4. The predicted molar refractivity (Wildman–Crippen MR) is 90.3 cm³/mol. The zero-order valence-corrected chi connectivity index (χ0v) is 14.0. The van der Waals surface area contributed by atoms with Crippen LogP contribution in [0.4, 0.5) is 0 Å². The summed E-state index contributed by atoms with van der Waals surface area (Å²) in [6.45, 7) is 3.66. The molecule has 5 rings (SSSR count). The van der Waals surface area contributed by atoms with Crippen LogP contribution in [0.1, 0.15) is 29.2 Å². The van der Waals surface area contributed by atoms with Crippen molar-refractivity contribution in [3.63, 3.8) is 0 Å². The average molecular weight is 325 g/mol. The Morgan fingerprint density at radius 3 is 2.83 bits per heavy atom. The molecule has 3 aliphatic heterocycles. The molecule has 0 spiro atoms. The molecule has 5 heterocycles. The van der Waals surface area contributed by atoms with E-state index in [0.717, 1.165) is 38.3 Å². The van der Waals surface area contributed by atoms with Crippen molar-refractivity contribution in [3.05, 3.63) is 48.3 Å². The zero-order chi connectivity index (χ0) is 16.5. The molecule has 0 N–H and O–H groups in total. The fraction of sp³-hybridized carbons (Fsp3) is 0.500. The maximum atomic E-state index is 12.9. The molecule has 0 radical (unpaired) electrons. The number of aryl methyl sites for hydroxylation is 1. The molecule has 0 saturated carbocycles. The molecule has 6 nitrogen and oxygen atoms in total. The van der Waals surface area contributed by atoms with Crippen LogP contribution in [-0.2, 0) is 13.6 Å². The number of nitrogens with zero attached hydrogens (tertiary/aromatic N) is 5. The maximum absolute atomic E-state index is 12.9. The highest BCUT2D eigenvalue weighted by Gasteiger charge is 2.38. The molecule has 0 unspecified atom stereocenters. The van der Waals surface area contributed by atoms with Crippen molar-refractivity contribution in [2.75, 3.05) is 19.6 Å². The molecule has 3 aliphatic rings. The summed E-state index contributed by atoms with van der Waals surface area (Å²) in [5.74, 6) is 1.15. The first kappa shape index (κ1) is 15.3. The van der Waals surface area contributed by atoms with Gasteiger partial charge in [-0.05, 0) is 30.9 Å². The summed E-state index contributed by atoms with van der Waals surface area (Å²) in [5, 5.41) is 0. The number of amides is 1. The van der Waals surface area contributed by atoms with Crippen LogP contribution >= 0.6 is 0 Å². The van der Waals surface area contributed by atoms with Crippen LogP contribution < -0.4 is 0 Å². The molecule has 6 heteroatoms. The van der Waals surface area contributed by atoms with Crippen molar-refractivity contribution in [1.29, 1.82) is 0 Å². The van der Waals surface area contributed by atoms with E-state index in [2.05, 4.69) is 25.8 Å². The molecule has 2 aromatic rings. The van der Waals surface area contributed by atoms with Crippen molar-refractivity contribution in [1.82, 2.24) is 24.3 Å². The fourth-order valence-electron chi connectivity index (χ4n) is 3.98. The number of piperidine rings is 1. The van der Waals surface area contributed by atoms with Crippen molar-refractivity contribution in [3.8, 4) is 0 Å². The Morgan fingerprint density at radius 1 is 1.17 bits per heavy atom. The molecule has 0 aliphatic carbocycles. The molecule has 3 saturated heterocycles. The standard InChI is InChI=1S/C18H23N5O/c1-21-9-8-20-17(21)18(24)23-11-14-5-6-16(23)13-22(10-14)12-15-4-2-3-7-19-15/h2-4,7-9,14,16H,5-6,10-13H2,1H3/t14-,16+/m0/s1. The average Bonchev–Trinajstić information content (AvgIpc) is 2.83. The second-order valence-electron chi connectivity index (χ2n) is 6.93. The first-order chi connectivity index (χ1) is 11.7. The number of carbonyl (C=O) groups excluding carboxylic acids is 1. The van der Waals surface area contributed by atoms with Crippen molar-refractivity contribution >= 4 is 5.91 Å². The minimum absolute atomic E-state index is 0.0666. The lowest BCUT2D eigenvalue weighted by Crippen LogP contribution is -2.48. The van der Waals surface area contributed by atoms with E-state index in [1.807, 2.05) is 36.1 Å². The zero-order valence-electron chi connectivity index (χ0n) is 14.0. The number of imidazole rings is 1. The van der Waals surface area contributed by atoms with Crippen LogP contribution in [0, 0.1) is 5.92 Å². The molecule has 3 fully saturated rings. The Kier molecular flexibility index (Phi) is 4.06. The van der Waals surface area contributed by atoms with E-state index in [-0.39, 0.29) is 11.9 Å². The number of fused-ring (bicyclic) bond motifs is 4. The Balaban J connectivity index is 1.51. The number of rotatable bonds is 3. The number of aromatic nitrogens is 3. The van der Waals surface area contributed by atoms with Gasteiger partial charge in [-0.1, -0.05) is 6.07 Å². The number of carbonyl (C=O) groups is 1. The topological polar surface area (TPSA) is 54.3 Å². The summed E-state index contributed by atoms with van der Waals surface area (Å²) in [4.78, 5) is 26.1. The highest BCUT2D eigenvalue weighted by molar-refractivity contribution is 5.91. The molecule has 2 aromatic heterocycles. The third-order valence-electron chi connectivity index (χ3n) is 5.17. The van der Waals surface area contributed by atoms with E-state index in [1.165, 1.54) is 6.42 Å². The Labute approximate surface area is 142 Å². The molecule has 2 atom stereocenters. The lowest BCUT2D eigenvalue weighted by Gasteiger charge is -2.35. The second-order valence-corrected chi connectivity index (χ2v) is 6.93. The second kappa shape index (κ2) is 6.36. The lowest BCUT2D eigenvalue weighted by atomic mass is 9.95. The molecule has 0 aromatic carbocycles. The van der Waals surface area contributed by atoms with Gasteiger partial charge in [0, 0.05) is 57.9 Å².